The minimum absolute atomic E-state index is 0.0643. The van der Waals surface area contributed by atoms with E-state index in [0.29, 0.717) is 8.95 Å². The highest BCUT2D eigenvalue weighted by atomic mass is 79.9. The third-order valence-corrected chi connectivity index (χ3v) is 7.47. The number of hydroxylamine groups is 2. The number of aliphatic hydroxyl groups is 2. The molecule has 0 saturated heterocycles. The summed E-state index contributed by atoms with van der Waals surface area (Å²) in [5.41, 5.74) is 3.69. The van der Waals surface area contributed by atoms with E-state index in [0.717, 1.165) is 9.36 Å². The molecule has 0 aliphatic rings. The Hall–Kier alpha value is -4.60. The van der Waals surface area contributed by atoms with Crippen LogP contribution in [0.25, 0.3) is 0 Å². The Bertz CT molecular complexity index is 1850. The number of benzene rings is 2. The number of halogens is 4. The molecule has 0 saturated carbocycles. The SMILES string of the molecule is Cc1c(Nc2ccc(Br)cc2F)c(C(=O)NOCCO)nn(C)c1=O.Cc1c(Nc2ccc(Br)cc2F)c(C(=O)NOCCO)nn(C)c1=O. The lowest BCUT2D eigenvalue weighted by Crippen LogP contribution is -2.32. The summed E-state index contributed by atoms with van der Waals surface area (Å²) < 4.78 is 31.3. The first-order chi connectivity index (χ1) is 23.7. The second-order valence-corrected chi connectivity index (χ2v) is 11.9. The van der Waals surface area contributed by atoms with Crippen LogP contribution >= 0.6 is 31.9 Å². The highest BCUT2D eigenvalue weighted by molar-refractivity contribution is 9.10. The Morgan fingerprint density at radius 3 is 1.42 bits per heavy atom. The zero-order valence-corrected chi connectivity index (χ0v) is 30.1. The number of hydrogen-bond donors (Lipinski definition) is 6. The van der Waals surface area contributed by atoms with Crippen molar-refractivity contribution in [2.75, 3.05) is 37.1 Å². The van der Waals surface area contributed by atoms with Crippen molar-refractivity contribution in [1.29, 1.82) is 0 Å². The zero-order valence-electron chi connectivity index (χ0n) is 26.9. The van der Waals surface area contributed by atoms with Gasteiger partial charge in [-0.3, -0.25) is 28.9 Å². The summed E-state index contributed by atoms with van der Waals surface area (Å²) in [6, 6.07) is 8.63. The first-order valence-corrected chi connectivity index (χ1v) is 15.9. The molecule has 0 fully saturated rings. The van der Waals surface area contributed by atoms with Gasteiger partial charge < -0.3 is 20.8 Å². The van der Waals surface area contributed by atoms with E-state index in [1.807, 2.05) is 0 Å². The van der Waals surface area contributed by atoms with Crippen molar-refractivity contribution in [3.05, 3.63) is 100 Å². The average molecular weight is 830 g/mol. The first-order valence-electron chi connectivity index (χ1n) is 14.4. The van der Waals surface area contributed by atoms with Crippen LogP contribution in [0.4, 0.5) is 31.5 Å². The van der Waals surface area contributed by atoms with Crippen molar-refractivity contribution in [3.8, 4) is 0 Å². The third kappa shape index (κ3) is 10.2. The quantitative estimate of drug-likeness (QED) is 0.0900. The van der Waals surface area contributed by atoms with Crippen LogP contribution in [0.15, 0.2) is 54.9 Å². The number of nitrogens with zero attached hydrogens (tertiary/aromatic N) is 4. The van der Waals surface area contributed by atoms with E-state index in [2.05, 4.69) is 63.7 Å². The number of carbonyl (C=O) groups excluding carboxylic acids is 2. The molecule has 268 valence electrons. The largest absolute Gasteiger partial charge is 0.394 e. The van der Waals surface area contributed by atoms with Gasteiger partial charge in [0.05, 0.1) is 49.2 Å². The molecule has 2 aromatic heterocycles. The molecule has 0 unspecified atom stereocenters. The van der Waals surface area contributed by atoms with Crippen molar-refractivity contribution in [1.82, 2.24) is 30.5 Å². The zero-order chi connectivity index (χ0) is 37.1. The van der Waals surface area contributed by atoms with Crippen LogP contribution in [0, 0.1) is 25.5 Å². The molecule has 0 aliphatic carbocycles. The fraction of sp³-hybridized carbons (Fsp3) is 0.267. The lowest BCUT2D eigenvalue weighted by molar-refractivity contribution is 0.0161. The van der Waals surface area contributed by atoms with Gasteiger partial charge in [0, 0.05) is 34.2 Å². The summed E-state index contributed by atoms with van der Waals surface area (Å²) in [5.74, 6) is -2.63. The van der Waals surface area contributed by atoms with E-state index >= 15 is 0 Å². The molecule has 6 N–H and O–H groups in total. The van der Waals surface area contributed by atoms with Crippen LogP contribution in [0.5, 0.6) is 0 Å². The molecule has 2 heterocycles. The molecule has 4 aromatic rings. The lowest BCUT2D eigenvalue weighted by atomic mass is 10.2. The summed E-state index contributed by atoms with van der Waals surface area (Å²) >= 11 is 6.31. The van der Waals surface area contributed by atoms with E-state index in [1.54, 1.807) is 12.1 Å². The molecule has 2 amide bonds. The minimum Gasteiger partial charge on any atom is -0.394 e. The van der Waals surface area contributed by atoms with Gasteiger partial charge >= 0.3 is 0 Å². The topological polar surface area (TPSA) is 211 Å². The lowest BCUT2D eigenvalue weighted by Gasteiger charge is -2.15. The van der Waals surface area contributed by atoms with Crippen molar-refractivity contribution in [2.45, 2.75) is 13.8 Å². The van der Waals surface area contributed by atoms with E-state index in [9.17, 15) is 28.0 Å². The molecular weight excluding hydrogens is 798 g/mol. The van der Waals surface area contributed by atoms with E-state index < -0.39 is 34.6 Å². The summed E-state index contributed by atoms with van der Waals surface area (Å²) in [6.45, 7) is 2.20. The Balaban J connectivity index is 0.000000270. The van der Waals surface area contributed by atoms with Gasteiger partial charge in [-0.05, 0) is 50.2 Å². The molecular formula is C30H32Br2F2N8O8. The Morgan fingerprint density at radius 1 is 0.740 bits per heavy atom. The number of anilines is 4. The fourth-order valence-electron chi connectivity index (χ4n) is 4.04. The monoisotopic (exact) mass is 828 g/mol. The van der Waals surface area contributed by atoms with Crippen LogP contribution in [-0.2, 0) is 23.8 Å². The van der Waals surface area contributed by atoms with Crippen LogP contribution < -0.4 is 32.7 Å². The van der Waals surface area contributed by atoms with Gasteiger partial charge in [-0.15, -0.1) is 0 Å². The normalized spacial score (nSPS) is 10.6. The molecule has 2 aromatic carbocycles. The van der Waals surface area contributed by atoms with Gasteiger partial charge in [0.25, 0.3) is 22.9 Å². The molecule has 0 spiro atoms. The predicted molar refractivity (Wildman–Crippen MR) is 184 cm³/mol. The maximum atomic E-state index is 14.1. The van der Waals surface area contributed by atoms with Gasteiger partial charge in [-0.2, -0.15) is 10.2 Å². The number of nitrogens with one attached hydrogen (secondary N) is 4. The number of aryl methyl sites for hydroxylation is 2. The summed E-state index contributed by atoms with van der Waals surface area (Å²) in [4.78, 5) is 58.3. The van der Waals surface area contributed by atoms with Gasteiger partial charge in [-0.1, -0.05) is 31.9 Å². The number of carbonyl (C=O) groups is 2. The highest BCUT2D eigenvalue weighted by Gasteiger charge is 2.22. The smallest absolute Gasteiger partial charge is 0.297 e. The standard InChI is InChI=1S/2C15H16BrFN4O4/c2*1-8-12(18-11-4-3-9(16)7-10(11)17)13(19-21(2)15(8)24)14(23)20-25-6-5-22/h2*3-4,7,18,22H,5-6H2,1-2H3,(H,20,23). The predicted octanol–water partition coefficient (Wildman–Crippen LogP) is 2.78. The maximum absolute atomic E-state index is 14.1. The number of aliphatic hydroxyl groups excluding tert-OH is 2. The molecule has 0 bridgehead atoms. The summed E-state index contributed by atoms with van der Waals surface area (Å²) in [6.07, 6.45) is 0. The summed E-state index contributed by atoms with van der Waals surface area (Å²) in [5, 5.41) is 30.7. The number of amides is 2. The number of aromatic nitrogens is 4. The molecule has 16 nitrogen and oxygen atoms in total. The van der Waals surface area contributed by atoms with Crippen LogP contribution in [0.3, 0.4) is 0 Å². The Labute approximate surface area is 299 Å². The minimum atomic E-state index is -0.743. The summed E-state index contributed by atoms with van der Waals surface area (Å²) in [7, 11) is 2.79. The molecule has 50 heavy (non-hydrogen) atoms. The van der Waals surface area contributed by atoms with Gasteiger partial charge in [0.1, 0.15) is 11.6 Å². The second-order valence-electron chi connectivity index (χ2n) is 10.1. The van der Waals surface area contributed by atoms with Crippen molar-refractivity contribution in [3.63, 3.8) is 0 Å². The number of hydrogen-bond acceptors (Lipinski definition) is 12. The molecule has 0 atom stereocenters. The van der Waals surface area contributed by atoms with E-state index in [-0.39, 0.29) is 71.7 Å². The van der Waals surface area contributed by atoms with Gasteiger partial charge in [0.2, 0.25) is 0 Å². The molecule has 4 rings (SSSR count). The van der Waals surface area contributed by atoms with Crippen LogP contribution in [0.1, 0.15) is 32.1 Å². The van der Waals surface area contributed by atoms with Crippen LogP contribution in [0.2, 0.25) is 0 Å². The fourth-order valence-corrected chi connectivity index (χ4v) is 4.71. The number of rotatable bonds is 12. The van der Waals surface area contributed by atoms with Gasteiger partial charge in [-0.25, -0.2) is 29.1 Å². The maximum Gasteiger partial charge on any atom is 0.297 e. The molecule has 20 heteroatoms. The highest BCUT2D eigenvalue weighted by Crippen LogP contribution is 2.27. The Morgan fingerprint density at radius 2 is 1.10 bits per heavy atom. The molecule has 0 radical (unpaired) electrons. The molecule has 0 aliphatic heterocycles. The Kier molecular flexibility index (Phi) is 14.7. The van der Waals surface area contributed by atoms with E-state index in [1.165, 1.54) is 52.2 Å². The first kappa shape index (κ1) is 39.8. The van der Waals surface area contributed by atoms with Crippen LogP contribution in [-0.4, -0.2) is 68.0 Å². The van der Waals surface area contributed by atoms with Crippen molar-refractivity contribution in [2.24, 2.45) is 14.1 Å². The average Bonchev–Trinajstić information content (AvgIpc) is 3.07. The second kappa shape index (κ2) is 18.4. The van der Waals surface area contributed by atoms with Crippen molar-refractivity contribution < 1.29 is 38.3 Å². The van der Waals surface area contributed by atoms with Crippen molar-refractivity contribution >= 4 is 66.4 Å². The third-order valence-electron chi connectivity index (χ3n) is 6.48. The van der Waals surface area contributed by atoms with E-state index in [4.69, 9.17) is 19.9 Å². The van der Waals surface area contributed by atoms with Gasteiger partial charge in [0.15, 0.2) is 11.4 Å².